The van der Waals surface area contributed by atoms with Crippen molar-refractivity contribution in [2.75, 3.05) is 0 Å². The molecule has 1 aliphatic carbocycles. The van der Waals surface area contributed by atoms with E-state index in [2.05, 4.69) is 5.32 Å². The Morgan fingerprint density at radius 3 is 2.59 bits per heavy atom. The number of nitro groups is 1. The molecule has 114 valence electrons. The fraction of sp³-hybridized carbons (Fsp3) is 0.294. The van der Waals surface area contributed by atoms with E-state index < -0.39 is 4.92 Å². The fourth-order valence-corrected chi connectivity index (χ4v) is 2.22. The summed E-state index contributed by atoms with van der Waals surface area (Å²) >= 11 is 0. The Balaban J connectivity index is 1.73. The summed E-state index contributed by atoms with van der Waals surface area (Å²) in [5.41, 5.74) is 1.99. The van der Waals surface area contributed by atoms with Gasteiger partial charge in [0, 0.05) is 18.7 Å². The lowest BCUT2D eigenvalue weighted by Crippen LogP contribution is -2.15. The minimum atomic E-state index is -0.404. The average molecular weight is 298 g/mol. The van der Waals surface area contributed by atoms with E-state index in [1.54, 1.807) is 12.1 Å². The highest BCUT2D eigenvalue weighted by molar-refractivity contribution is 5.48. The van der Waals surface area contributed by atoms with Crippen LogP contribution in [0.15, 0.2) is 48.5 Å². The van der Waals surface area contributed by atoms with Crippen molar-refractivity contribution < 1.29 is 9.66 Å². The van der Waals surface area contributed by atoms with Gasteiger partial charge in [0.05, 0.1) is 4.92 Å². The van der Waals surface area contributed by atoms with Crippen molar-refractivity contribution in [3.8, 4) is 5.75 Å². The number of nitrogens with one attached hydrogen (secondary N) is 1. The minimum Gasteiger partial charge on any atom is -0.482 e. The Morgan fingerprint density at radius 2 is 1.91 bits per heavy atom. The normalized spacial score (nSPS) is 13.8. The van der Waals surface area contributed by atoms with Crippen LogP contribution in [0.5, 0.6) is 5.75 Å². The monoisotopic (exact) mass is 298 g/mol. The second kappa shape index (κ2) is 6.58. The second-order valence-corrected chi connectivity index (χ2v) is 5.49. The number of nitro benzene ring substituents is 1. The van der Waals surface area contributed by atoms with E-state index in [4.69, 9.17) is 4.74 Å². The smallest absolute Gasteiger partial charge is 0.310 e. The van der Waals surface area contributed by atoms with Gasteiger partial charge in [0.15, 0.2) is 5.75 Å². The number of hydrogen-bond acceptors (Lipinski definition) is 4. The van der Waals surface area contributed by atoms with E-state index in [9.17, 15) is 10.1 Å². The van der Waals surface area contributed by atoms with Crippen molar-refractivity contribution >= 4 is 5.69 Å². The summed E-state index contributed by atoms with van der Waals surface area (Å²) in [6, 6.07) is 15.3. The van der Waals surface area contributed by atoms with Crippen LogP contribution in [0.25, 0.3) is 0 Å². The molecule has 0 heterocycles. The summed E-state index contributed by atoms with van der Waals surface area (Å²) < 4.78 is 5.68. The van der Waals surface area contributed by atoms with Gasteiger partial charge < -0.3 is 10.1 Å². The van der Waals surface area contributed by atoms with E-state index in [-0.39, 0.29) is 5.69 Å². The van der Waals surface area contributed by atoms with Gasteiger partial charge in [0.1, 0.15) is 6.61 Å². The Bertz CT molecular complexity index is 654. The first-order chi connectivity index (χ1) is 10.7. The van der Waals surface area contributed by atoms with Crippen LogP contribution in [0.1, 0.15) is 24.0 Å². The van der Waals surface area contributed by atoms with Gasteiger partial charge in [0.25, 0.3) is 0 Å². The van der Waals surface area contributed by atoms with Gasteiger partial charge in [-0.05, 0) is 30.0 Å². The van der Waals surface area contributed by atoms with E-state index in [1.165, 1.54) is 18.9 Å². The minimum absolute atomic E-state index is 0.00565. The molecule has 0 bridgehead atoms. The average Bonchev–Trinajstić information content (AvgIpc) is 3.36. The molecule has 0 atom stereocenters. The zero-order valence-electron chi connectivity index (χ0n) is 12.2. The van der Waals surface area contributed by atoms with E-state index in [0.29, 0.717) is 24.9 Å². The van der Waals surface area contributed by atoms with Crippen LogP contribution in [-0.2, 0) is 13.2 Å². The first-order valence-electron chi connectivity index (χ1n) is 7.40. The lowest BCUT2D eigenvalue weighted by atomic mass is 10.2. The third-order valence-corrected chi connectivity index (χ3v) is 3.63. The molecule has 0 unspecified atom stereocenters. The summed E-state index contributed by atoms with van der Waals surface area (Å²) in [6.07, 6.45) is 2.43. The topological polar surface area (TPSA) is 64.4 Å². The predicted molar refractivity (Wildman–Crippen MR) is 83.7 cm³/mol. The van der Waals surface area contributed by atoms with Crippen molar-refractivity contribution in [2.24, 2.45) is 0 Å². The van der Waals surface area contributed by atoms with Crippen molar-refractivity contribution in [1.82, 2.24) is 5.32 Å². The van der Waals surface area contributed by atoms with Crippen LogP contribution in [0.4, 0.5) is 5.69 Å². The third kappa shape index (κ3) is 3.83. The summed E-state index contributed by atoms with van der Waals surface area (Å²) in [7, 11) is 0. The molecule has 1 saturated carbocycles. The molecule has 0 aliphatic heterocycles. The summed E-state index contributed by atoms with van der Waals surface area (Å²) in [5.74, 6) is 0.323. The van der Waals surface area contributed by atoms with Gasteiger partial charge >= 0.3 is 5.69 Å². The molecule has 0 aromatic heterocycles. The number of rotatable bonds is 7. The van der Waals surface area contributed by atoms with Crippen LogP contribution in [0, 0.1) is 10.1 Å². The molecule has 3 rings (SSSR count). The highest BCUT2D eigenvalue weighted by atomic mass is 16.6. The van der Waals surface area contributed by atoms with Crippen molar-refractivity contribution in [3.63, 3.8) is 0 Å². The van der Waals surface area contributed by atoms with Crippen LogP contribution >= 0.6 is 0 Å². The highest BCUT2D eigenvalue weighted by Crippen LogP contribution is 2.29. The van der Waals surface area contributed by atoms with Crippen LogP contribution in [0.2, 0.25) is 0 Å². The van der Waals surface area contributed by atoms with Crippen LogP contribution in [0.3, 0.4) is 0 Å². The standard InChI is InChI=1S/C17H18N2O3/c20-19(21)16-9-6-14(11-18-15-7-8-15)10-17(16)22-12-13-4-2-1-3-5-13/h1-6,9-10,15,18H,7-8,11-12H2. The highest BCUT2D eigenvalue weighted by Gasteiger charge is 2.21. The van der Waals surface area contributed by atoms with Crippen LogP contribution < -0.4 is 10.1 Å². The van der Waals surface area contributed by atoms with Crippen molar-refractivity contribution in [2.45, 2.75) is 32.0 Å². The first kappa shape index (κ1) is 14.5. The molecule has 5 nitrogen and oxygen atoms in total. The number of nitrogens with zero attached hydrogens (tertiary/aromatic N) is 1. The van der Waals surface area contributed by atoms with Gasteiger partial charge in [-0.15, -0.1) is 0 Å². The second-order valence-electron chi connectivity index (χ2n) is 5.49. The van der Waals surface area contributed by atoms with E-state index in [0.717, 1.165) is 11.1 Å². The molecule has 0 saturated heterocycles. The SMILES string of the molecule is O=[N+]([O-])c1ccc(CNC2CC2)cc1OCc1ccccc1. The van der Waals surface area contributed by atoms with Gasteiger partial charge in [-0.1, -0.05) is 36.4 Å². The molecule has 0 amide bonds. The maximum atomic E-state index is 11.1. The molecule has 0 radical (unpaired) electrons. The Morgan fingerprint density at radius 1 is 1.14 bits per heavy atom. The molecule has 1 N–H and O–H groups in total. The molecule has 1 fully saturated rings. The molecule has 0 spiro atoms. The largest absolute Gasteiger partial charge is 0.482 e. The number of benzene rings is 2. The summed E-state index contributed by atoms with van der Waals surface area (Å²) in [5, 5.41) is 14.5. The molecular weight excluding hydrogens is 280 g/mol. The molecule has 2 aromatic carbocycles. The zero-order valence-corrected chi connectivity index (χ0v) is 12.2. The molecule has 2 aromatic rings. The Labute approximate surface area is 129 Å². The Kier molecular flexibility index (Phi) is 4.34. The fourth-order valence-electron chi connectivity index (χ4n) is 2.22. The van der Waals surface area contributed by atoms with Gasteiger partial charge in [-0.2, -0.15) is 0 Å². The Hall–Kier alpha value is -2.40. The van der Waals surface area contributed by atoms with E-state index in [1.807, 2.05) is 30.3 Å². The van der Waals surface area contributed by atoms with Crippen LogP contribution in [-0.4, -0.2) is 11.0 Å². The third-order valence-electron chi connectivity index (χ3n) is 3.63. The quantitative estimate of drug-likeness (QED) is 0.628. The molecule has 1 aliphatic rings. The maximum Gasteiger partial charge on any atom is 0.310 e. The molecule has 22 heavy (non-hydrogen) atoms. The molecular formula is C17H18N2O3. The van der Waals surface area contributed by atoms with Crippen molar-refractivity contribution in [1.29, 1.82) is 0 Å². The maximum absolute atomic E-state index is 11.1. The summed E-state index contributed by atoms with van der Waals surface area (Å²) in [6.45, 7) is 1.03. The number of ether oxygens (including phenoxy) is 1. The lowest BCUT2D eigenvalue weighted by molar-refractivity contribution is -0.386. The van der Waals surface area contributed by atoms with E-state index >= 15 is 0 Å². The first-order valence-corrected chi connectivity index (χ1v) is 7.40. The predicted octanol–water partition coefficient (Wildman–Crippen LogP) is 3.43. The van der Waals surface area contributed by atoms with Gasteiger partial charge in [0.2, 0.25) is 0 Å². The lowest BCUT2D eigenvalue weighted by Gasteiger charge is -2.09. The summed E-state index contributed by atoms with van der Waals surface area (Å²) in [4.78, 5) is 10.7. The van der Waals surface area contributed by atoms with Crippen molar-refractivity contribution in [3.05, 3.63) is 69.8 Å². The molecule has 5 heteroatoms. The zero-order chi connectivity index (χ0) is 15.4. The van der Waals surface area contributed by atoms with Gasteiger partial charge in [-0.25, -0.2) is 0 Å². The number of hydrogen-bond donors (Lipinski definition) is 1. The van der Waals surface area contributed by atoms with Gasteiger partial charge in [-0.3, -0.25) is 10.1 Å².